The number of rotatable bonds is 6. The molecule has 0 radical (unpaired) electrons. The first kappa shape index (κ1) is 19.9. The van der Waals surface area contributed by atoms with Crippen molar-refractivity contribution in [1.29, 1.82) is 0 Å². The number of aromatic nitrogens is 3. The number of hydrogen-bond acceptors (Lipinski definition) is 6. The van der Waals surface area contributed by atoms with Crippen molar-refractivity contribution in [1.82, 2.24) is 20.3 Å². The monoisotopic (exact) mass is 407 g/mol. The fourth-order valence-corrected chi connectivity index (χ4v) is 3.94. The summed E-state index contributed by atoms with van der Waals surface area (Å²) in [5.74, 6) is 0.209. The minimum absolute atomic E-state index is 0.101. The van der Waals surface area contributed by atoms with Crippen molar-refractivity contribution in [2.45, 2.75) is 25.3 Å². The van der Waals surface area contributed by atoms with Gasteiger partial charge in [0.2, 0.25) is 5.91 Å². The Labute approximate surface area is 174 Å². The predicted octanol–water partition coefficient (Wildman–Crippen LogP) is 2.07. The molecule has 30 heavy (non-hydrogen) atoms. The molecule has 1 aromatic carbocycles. The Bertz CT molecular complexity index is 1010. The van der Waals surface area contributed by atoms with E-state index in [2.05, 4.69) is 25.2 Å². The van der Waals surface area contributed by atoms with E-state index in [-0.39, 0.29) is 11.8 Å². The summed E-state index contributed by atoms with van der Waals surface area (Å²) in [4.78, 5) is 39.0. The number of nitrogens with one attached hydrogen (secondary N) is 2. The van der Waals surface area contributed by atoms with E-state index in [1.165, 1.54) is 7.11 Å². The predicted molar refractivity (Wildman–Crippen MR) is 113 cm³/mol. The Kier molecular flexibility index (Phi) is 5.92. The maximum absolute atomic E-state index is 12.9. The van der Waals surface area contributed by atoms with Crippen LogP contribution in [0.15, 0.2) is 48.9 Å². The summed E-state index contributed by atoms with van der Waals surface area (Å²) >= 11 is 0. The van der Waals surface area contributed by atoms with Gasteiger partial charge in [-0.3, -0.25) is 4.79 Å². The molecule has 1 aliphatic rings. The van der Waals surface area contributed by atoms with Gasteiger partial charge in [0.25, 0.3) is 0 Å². The molecule has 0 saturated carbocycles. The number of piperidine rings is 1. The number of esters is 1. The molecule has 3 aromatic rings. The molecule has 156 valence electrons. The molecule has 1 saturated heterocycles. The van der Waals surface area contributed by atoms with E-state index in [4.69, 9.17) is 4.74 Å². The van der Waals surface area contributed by atoms with Gasteiger partial charge in [-0.1, -0.05) is 30.3 Å². The molecular weight excluding hydrogens is 382 g/mol. The lowest BCUT2D eigenvalue weighted by atomic mass is 9.95. The quantitative estimate of drug-likeness (QED) is 0.607. The number of methoxy groups -OCH3 is 1. The molecule has 2 aromatic heterocycles. The van der Waals surface area contributed by atoms with E-state index in [1.807, 2.05) is 42.6 Å². The van der Waals surface area contributed by atoms with Gasteiger partial charge in [0.05, 0.1) is 12.5 Å². The lowest BCUT2D eigenvalue weighted by Crippen LogP contribution is -2.48. The molecule has 1 atom stereocenters. The highest BCUT2D eigenvalue weighted by atomic mass is 16.5. The molecular formula is C22H25N5O3. The number of benzene rings is 1. The maximum Gasteiger partial charge on any atom is 0.328 e. The van der Waals surface area contributed by atoms with Crippen molar-refractivity contribution in [3.8, 4) is 0 Å². The molecule has 0 spiro atoms. The van der Waals surface area contributed by atoms with Crippen LogP contribution in [0, 0.1) is 5.92 Å². The summed E-state index contributed by atoms with van der Waals surface area (Å²) in [6, 6.07) is 10.9. The molecule has 1 aliphatic heterocycles. The van der Waals surface area contributed by atoms with Crippen LogP contribution in [-0.4, -0.2) is 53.1 Å². The van der Waals surface area contributed by atoms with E-state index in [0.717, 1.165) is 35.5 Å². The minimum Gasteiger partial charge on any atom is -0.467 e. The van der Waals surface area contributed by atoms with Crippen LogP contribution in [0.2, 0.25) is 0 Å². The Morgan fingerprint density at radius 3 is 2.70 bits per heavy atom. The van der Waals surface area contributed by atoms with Gasteiger partial charge in [-0.15, -0.1) is 0 Å². The first-order valence-electron chi connectivity index (χ1n) is 10.1. The maximum atomic E-state index is 12.9. The van der Waals surface area contributed by atoms with E-state index < -0.39 is 12.0 Å². The third kappa shape index (κ3) is 4.27. The average molecular weight is 407 g/mol. The summed E-state index contributed by atoms with van der Waals surface area (Å²) in [6.45, 7) is 1.44. The number of fused-ring (bicyclic) bond motifs is 1. The molecule has 8 nitrogen and oxygen atoms in total. The smallest absolute Gasteiger partial charge is 0.328 e. The summed E-state index contributed by atoms with van der Waals surface area (Å²) in [5.41, 5.74) is 1.78. The number of hydrogen-bond donors (Lipinski definition) is 2. The highest BCUT2D eigenvalue weighted by molar-refractivity contribution is 5.88. The Morgan fingerprint density at radius 2 is 1.97 bits per heavy atom. The van der Waals surface area contributed by atoms with E-state index in [1.54, 1.807) is 6.33 Å². The molecule has 0 bridgehead atoms. The number of aromatic amines is 1. The minimum atomic E-state index is -0.690. The third-order valence-electron chi connectivity index (χ3n) is 5.58. The molecule has 2 N–H and O–H groups in total. The van der Waals surface area contributed by atoms with Crippen LogP contribution in [0.4, 0.5) is 5.82 Å². The van der Waals surface area contributed by atoms with E-state index in [9.17, 15) is 9.59 Å². The van der Waals surface area contributed by atoms with Gasteiger partial charge in [0, 0.05) is 31.6 Å². The SMILES string of the molecule is COC(=O)[C@@H](Cc1ccccc1)NC(=O)C1CCN(c2ncnc3[nH]ccc23)CC1. The van der Waals surface area contributed by atoms with Gasteiger partial charge < -0.3 is 19.9 Å². The van der Waals surface area contributed by atoms with Crippen LogP contribution in [0.1, 0.15) is 18.4 Å². The molecule has 1 fully saturated rings. The van der Waals surface area contributed by atoms with Crippen LogP contribution in [0.3, 0.4) is 0 Å². The summed E-state index contributed by atoms with van der Waals surface area (Å²) in [5, 5.41) is 3.88. The van der Waals surface area contributed by atoms with Gasteiger partial charge in [-0.25, -0.2) is 14.8 Å². The Hall–Kier alpha value is -3.42. The zero-order chi connectivity index (χ0) is 20.9. The fraction of sp³-hybridized carbons (Fsp3) is 0.364. The van der Waals surface area contributed by atoms with Gasteiger partial charge >= 0.3 is 5.97 Å². The lowest BCUT2D eigenvalue weighted by molar-refractivity contribution is -0.145. The van der Waals surface area contributed by atoms with Crippen LogP contribution >= 0.6 is 0 Å². The van der Waals surface area contributed by atoms with E-state index >= 15 is 0 Å². The van der Waals surface area contributed by atoms with Gasteiger partial charge in [0.1, 0.15) is 23.8 Å². The molecule has 4 rings (SSSR count). The molecule has 8 heteroatoms. The van der Waals surface area contributed by atoms with Crippen LogP contribution in [0.5, 0.6) is 0 Å². The van der Waals surface area contributed by atoms with Crippen LogP contribution in [-0.2, 0) is 20.7 Å². The number of anilines is 1. The Balaban J connectivity index is 1.38. The summed E-state index contributed by atoms with van der Waals surface area (Å²) in [6.07, 6.45) is 5.20. The Morgan fingerprint density at radius 1 is 1.20 bits per heavy atom. The summed E-state index contributed by atoms with van der Waals surface area (Å²) in [7, 11) is 1.34. The molecule has 0 unspecified atom stereocenters. The number of ether oxygens (including phenoxy) is 1. The van der Waals surface area contributed by atoms with Crippen molar-refractivity contribution in [2.75, 3.05) is 25.1 Å². The highest BCUT2D eigenvalue weighted by Gasteiger charge is 2.30. The van der Waals surface area contributed by atoms with Crippen LogP contribution < -0.4 is 10.2 Å². The molecule has 1 amide bonds. The van der Waals surface area contributed by atoms with Crippen molar-refractivity contribution >= 4 is 28.7 Å². The molecule has 3 heterocycles. The molecule has 0 aliphatic carbocycles. The number of carbonyl (C=O) groups is 2. The van der Waals surface area contributed by atoms with E-state index in [0.29, 0.717) is 19.3 Å². The van der Waals surface area contributed by atoms with Gasteiger partial charge in [-0.05, 0) is 24.5 Å². The van der Waals surface area contributed by atoms with Crippen molar-refractivity contribution in [2.24, 2.45) is 5.92 Å². The van der Waals surface area contributed by atoms with Crippen LogP contribution in [0.25, 0.3) is 11.0 Å². The third-order valence-corrected chi connectivity index (χ3v) is 5.58. The lowest BCUT2D eigenvalue weighted by Gasteiger charge is -2.33. The number of amides is 1. The topological polar surface area (TPSA) is 100 Å². The van der Waals surface area contributed by atoms with Crippen molar-refractivity contribution in [3.63, 3.8) is 0 Å². The number of carbonyl (C=O) groups excluding carboxylic acids is 2. The average Bonchev–Trinajstić information content (AvgIpc) is 3.28. The zero-order valence-electron chi connectivity index (χ0n) is 16.9. The van der Waals surface area contributed by atoms with Crippen molar-refractivity contribution < 1.29 is 14.3 Å². The van der Waals surface area contributed by atoms with Gasteiger partial charge in [0.15, 0.2) is 0 Å². The van der Waals surface area contributed by atoms with Crippen molar-refractivity contribution in [3.05, 3.63) is 54.5 Å². The fourth-order valence-electron chi connectivity index (χ4n) is 3.94. The largest absolute Gasteiger partial charge is 0.467 e. The highest BCUT2D eigenvalue weighted by Crippen LogP contribution is 2.27. The first-order valence-corrected chi connectivity index (χ1v) is 10.1. The second-order valence-electron chi connectivity index (χ2n) is 7.47. The summed E-state index contributed by atoms with van der Waals surface area (Å²) < 4.78 is 4.90. The second-order valence-corrected chi connectivity index (χ2v) is 7.47. The first-order chi connectivity index (χ1) is 14.7. The number of nitrogens with zero attached hydrogens (tertiary/aromatic N) is 3. The number of H-pyrrole nitrogens is 1. The van der Waals surface area contributed by atoms with Gasteiger partial charge in [-0.2, -0.15) is 0 Å². The second kappa shape index (κ2) is 8.94. The zero-order valence-corrected chi connectivity index (χ0v) is 16.9. The standard InChI is InChI=1S/C22H25N5O3/c1-30-22(29)18(13-15-5-3-2-4-6-15)26-21(28)16-8-11-27(12-9-16)20-17-7-10-23-19(17)24-14-25-20/h2-7,10,14,16,18H,8-9,11-13H2,1H3,(H,26,28)(H,23,24,25)/t18-/m1/s1. The normalized spacial score (nSPS) is 15.7.